The number of carboxylic acids is 1. The lowest BCUT2D eigenvalue weighted by molar-refractivity contribution is 0.0697. The first-order valence-electron chi connectivity index (χ1n) is 10.6. The number of carbonyl (C=O) groups is 1. The highest BCUT2D eigenvalue weighted by molar-refractivity contribution is 7.80. The van der Waals surface area contributed by atoms with Crippen molar-refractivity contribution in [1.29, 1.82) is 0 Å². The number of pyridine rings is 1. The summed E-state index contributed by atoms with van der Waals surface area (Å²) in [4.78, 5) is 17.7. The molecular formula is C26H21N3O4S. The fourth-order valence-corrected chi connectivity index (χ4v) is 4.45. The molecule has 0 amide bonds. The van der Waals surface area contributed by atoms with Gasteiger partial charge < -0.3 is 24.5 Å². The summed E-state index contributed by atoms with van der Waals surface area (Å²) >= 11 is 5.74. The third-order valence-electron chi connectivity index (χ3n) is 5.78. The van der Waals surface area contributed by atoms with Crippen molar-refractivity contribution >= 4 is 29.0 Å². The Morgan fingerprint density at radius 1 is 1.06 bits per heavy atom. The molecule has 2 atom stereocenters. The maximum Gasteiger partial charge on any atom is 0.335 e. The molecule has 0 radical (unpaired) electrons. The van der Waals surface area contributed by atoms with E-state index in [0.29, 0.717) is 16.6 Å². The number of hydrogen-bond acceptors (Lipinski definition) is 5. The maximum atomic E-state index is 11.2. The van der Waals surface area contributed by atoms with Crippen LogP contribution in [0.15, 0.2) is 89.5 Å². The second-order valence-electron chi connectivity index (χ2n) is 7.78. The average molecular weight is 472 g/mol. The minimum Gasteiger partial charge on any atom is -0.497 e. The molecule has 1 saturated heterocycles. The molecule has 5 rings (SSSR count). The van der Waals surface area contributed by atoms with E-state index in [2.05, 4.69) is 10.3 Å². The first kappa shape index (κ1) is 21.7. The van der Waals surface area contributed by atoms with E-state index in [1.165, 1.54) is 0 Å². The number of methoxy groups -OCH3 is 1. The minimum atomic E-state index is -0.967. The van der Waals surface area contributed by atoms with Gasteiger partial charge in [-0.1, -0.05) is 18.2 Å². The number of thiocarbonyl (C=S) groups is 1. The minimum absolute atomic E-state index is 0.224. The van der Waals surface area contributed by atoms with E-state index in [9.17, 15) is 4.79 Å². The van der Waals surface area contributed by atoms with Gasteiger partial charge in [0.1, 0.15) is 23.3 Å². The zero-order valence-electron chi connectivity index (χ0n) is 18.2. The second kappa shape index (κ2) is 8.99. The fraction of sp³-hybridized carbons (Fsp3) is 0.115. The largest absolute Gasteiger partial charge is 0.497 e. The highest BCUT2D eigenvalue weighted by Gasteiger charge is 2.42. The lowest BCUT2D eigenvalue weighted by Crippen LogP contribution is -2.29. The molecule has 1 aliphatic rings. The van der Waals surface area contributed by atoms with Gasteiger partial charge in [-0.15, -0.1) is 0 Å². The Kier molecular flexibility index (Phi) is 5.73. The highest BCUT2D eigenvalue weighted by Crippen LogP contribution is 2.43. The van der Waals surface area contributed by atoms with Crippen LogP contribution in [0.5, 0.6) is 5.75 Å². The van der Waals surface area contributed by atoms with Crippen LogP contribution in [-0.4, -0.2) is 28.3 Å². The monoisotopic (exact) mass is 471 g/mol. The van der Waals surface area contributed by atoms with Gasteiger partial charge in [0, 0.05) is 17.4 Å². The van der Waals surface area contributed by atoms with Gasteiger partial charge in [0.2, 0.25) is 0 Å². The number of anilines is 1. The van der Waals surface area contributed by atoms with Crippen molar-refractivity contribution in [2.75, 3.05) is 12.0 Å². The van der Waals surface area contributed by atoms with Gasteiger partial charge in [-0.2, -0.15) is 0 Å². The third kappa shape index (κ3) is 3.99. The zero-order valence-corrected chi connectivity index (χ0v) is 19.0. The van der Waals surface area contributed by atoms with Crippen LogP contribution < -0.4 is 15.0 Å². The Morgan fingerprint density at radius 2 is 1.82 bits per heavy atom. The SMILES string of the molecule is COc1ccc(N2C(=S)N[C@H](c3ccccn3)[C@@H]2c2ccc(-c3ccc(C(=O)O)cc3)o2)cc1. The number of aromatic nitrogens is 1. The number of nitrogens with zero attached hydrogens (tertiary/aromatic N) is 2. The van der Waals surface area contributed by atoms with Gasteiger partial charge in [0.25, 0.3) is 0 Å². The Morgan fingerprint density at radius 3 is 2.47 bits per heavy atom. The molecule has 170 valence electrons. The molecule has 8 heteroatoms. The van der Waals surface area contributed by atoms with E-state index < -0.39 is 5.97 Å². The molecule has 1 aliphatic heterocycles. The molecule has 34 heavy (non-hydrogen) atoms. The molecule has 0 unspecified atom stereocenters. The summed E-state index contributed by atoms with van der Waals surface area (Å²) < 4.78 is 11.6. The fourth-order valence-electron chi connectivity index (χ4n) is 4.11. The average Bonchev–Trinajstić information content (AvgIpc) is 3.49. The van der Waals surface area contributed by atoms with Crippen molar-refractivity contribution in [3.05, 3.63) is 102 Å². The van der Waals surface area contributed by atoms with Crippen LogP contribution in [0.1, 0.15) is 33.9 Å². The van der Waals surface area contributed by atoms with Crippen LogP contribution in [0.25, 0.3) is 11.3 Å². The first-order chi connectivity index (χ1) is 16.5. The number of aromatic carboxylic acids is 1. The number of carboxylic acid groups (broad SMARTS) is 1. The van der Waals surface area contributed by atoms with E-state index in [4.69, 9.17) is 26.5 Å². The number of hydrogen-bond donors (Lipinski definition) is 2. The van der Waals surface area contributed by atoms with E-state index in [1.807, 2.05) is 59.5 Å². The van der Waals surface area contributed by atoms with Crippen molar-refractivity contribution < 1.29 is 19.1 Å². The molecule has 2 aromatic heterocycles. The summed E-state index contributed by atoms with van der Waals surface area (Å²) in [6.45, 7) is 0. The molecule has 0 saturated carbocycles. The number of nitrogens with one attached hydrogen (secondary N) is 1. The van der Waals surface area contributed by atoms with Gasteiger partial charge in [0.05, 0.1) is 24.4 Å². The molecule has 3 heterocycles. The normalized spacial score (nSPS) is 17.4. The van der Waals surface area contributed by atoms with Crippen LogP contribution in [0.2, 0.25) is 0 Å². The molecule has 4 aromatic rings. The smallest absolute Gasteiger partial charge is 0.335 e. The molecule has 0 bridgehead atoms. The molecule has 0 spiro atoms. The van der Waals surface area contributed by atoms with Crippen LogP contribution in [-0.2, 0) is 0 Å². The van der Waals surface area contributed by atoms with Crippen LogP contribution in [0.3, 0.4) is 0 Å². The first-order valence-corrected chi connectivity index (χ1v) is 11.0. The quantitative estimate of drug-likeness (QED) is 0.370. The lowest BCUT2D eigenvalue weighted by Gasteiger charge is -2.26. The van der Waals surface area contributed by atoms with Gasteiger partial charge in [-0.25, -0.2) is 4.79 Å². The van der Waals surface area contributed by atoms with Crippen molar-refractivity contribution in [1.82, 2.24) is 10.3 Å². The highest BCUT2D eigenvalue weighted by atomic mass is 32.1. The number of rotatable bonds is 6. The van der Waals surface area contributed by atoms with E-state index in [0.717, 1.165) is 22.7 Å². The van der Waals surface area contributed by atoms with E-state index in [-0.39, 0.29) is 17.6 Å². The summed E-state index contributed by atoms with van der Waals surface area (Å²) in [5.74, 6) is 1.13. The Bertz CT molecular complexity index is 1320. The number of furan rings is 1. The maximum absolute atomic E-state index is 11.2. The molecule has 2 aromatic carbocycles. The van der Waals surface area contributed by atoms with Crippen LogP contribution in [0.4, 0.5) is 5.69 Å². The summed E-state index contributed by atoms with van der Waals surface area (Å²) in [5.41, 5.74) is 2.75. The summed E-state index contributed by atoms with van der Waals surface area (Å²) in [6, 6.07) is 23.3. The molecular weight excluding hydrogens is 450 g/mol. The Balaban J connectivity index is 1.55. The summed E-state index contributed by atoms with van der Waals surface area (Å²) in [6.07, 6.45) is 1.75. The van der Waals surface area contributed by atoms with Gasteiger partial charge in [-0.05, 0) is 72.9 Å². The predicted octanol–water partition coefficient (Wildman–Crippen LogP) is 5.23. The lowest BCUT2D eigenvalue weighted by atomic mass is 10.0. The summed E-state index contributed by atoms with van der Waals surface area (Å²) in [5, 5.41) is 13.1. The molecule has 0 aliphatic carbocycles. The second-order valence-corrected chi connectivity index (χ2v) is 8.17. The molecule has 2 N–H and O–H groups in total. The standard InChI is InChI=1S/C26H21N3O4S/c1-32-19-11-9-18(10-12-19)29-24(23(28-26(29)34)20-4-2-3-15-27-20)22-14-13-21(33-22)16-5-7-17(8-6-16)25(30)31/h2-15,23-24H,1H3,(H,28,34)(H,30,31)/t23-,24+/m1/s1. The van der Waals surface area contributed by atoms with Gasteiger partial charge >= 0.3 is 5.97 Å². The zero-order chi connectivity index (χ0) is 23.7. The predicted molar refractivity (Wildman–Crippen MR) is 132 cm³/mol. The van der Waals surface area contributed by atoms with E-state index in [1.54, 1.807) is 37.6 Å². The number of benzene rings is 2. The number of ether oxygens (including phenoxy) is 1. The van der Waals surface area contributed by atoms with Gasteiger partial charge in [0.15, 0.2) is 5.11 Å². The third-order valence-corrected chi connectivity index (χ3v) is 6.10. The van der Waals surface area contributed by atoms with Crippen molar-refractivity contribution in [3.63, 3.8) is 0 Å². The van der Waals surface area contributed by atoms with Crippen molar-refractivity contribution in [2.24, 2.45) is 0 Å². The van der Waals surface area contributed by atoms with Crippen LogP contribution >= 0.6 is 12.2 Å². The molecule has 1 fully saturated rings. The Labute approximate surface area is 201 Å². The topological polar surface area (TPSA) is 87.8 Å². The van der Waals surface area contributed by atoms with Crippen molar-refractivity contribution in [3.8, 4) is 17.1 Å². The molecule has 7 nitrogen and oxygen atoms in total. The van der Waals surface area contributed by atoms with E-state index >= 15 is 0 Å². The summed E-state index contributed by atoms with van der Waals surface area (Å²) in [7, 11) is 1.63. The van der Waals surface area contributed by atoms with Gasteiger partial charge in [-0.3, -0.25) is 4.98 Å². The van der Waals surface area contributed by atoms with Crippen molar-refractivity contribution in [2.45, 2.75) is 12.1 Å². The Hall–Kier alpha value is -4.17. The van der Waals surface area contributed by atoms with Crippen LogP contribution in [0, 0.1) is 0 Å².